The Bertz CT molecular complexity index is 734. The third-order valence-corrected chi connectivity index (χ3v) is 4.84. The Hall–Kier alpha value is -2.44. The lowest BCUT2D eigenvalue weighted by Crippen LogP contribution is -2.52. The molecule has 2 aromatic carbocycles. The summed E-state index contributed by atoms with van der Waals surface area (Å²) in [6.45, 7) is 1.78. The van der Waals surface area contributed by atoms with Gasteiger partial charge in [0.25, 0.3) is 11.8 Å². The number of carbonyl (C=O) groups excluding carboxylic acids is 2. The molecule has 0 aromatic heterocycles. The highest BCUT2D eigenvalue weighted by atomic mass is 35.5. The smallest absolute Gasteiger partial charge is 0.260 e. The quantitative estimate of drug-likeness (QED) is 0.717. The Morgan fingerprint density at radius 1 is 0.679 bits per heavy atom. The molecule has 8 heteroatoms. The molecular weight excluding hydrogens is 403 g/mol. The van der Waals surface area contributed by atoms with Gasteiger partial charge in [0.1, 0.15) is 11.5 Å². The van der Waals surface area contributed by atoms with Gasteiger partial charge in [0, 0.05) is 36.2 Å². The number of piperazine rings is 1. The lowest BCUT2D eigenvalue weighted by Gasteiger charge is -2.34. The highest BCUT2D eigenvalue weighted by Gasteiger charge is 2.24. The SMILES string of the molecule is O=C(COc1ccc(Cl)cc1)N1CCN(C(=O)COc2ccc(Cl)cc2)CC1. The molecule has 1 saturated heterocycles. The molecule has 148 valence electrons. The highest BCUT2D eigenvalue weighted by Crippen LogP contribution is 2.17. The van der Waals surface area contributed by atoms with Crippen LogP contribution in [0.3, 0.4) is 0 Å². The van der Waals surface area contributed by atoms with Crippen molar-refractivity contribution in [3.8, 4) is 11.5 Å². The van der Waals surface area contributed by atoms with Gasteiger partial charge in [-0.2, -0.15) is 0 Å². The molecule has 3 rings (SSSR count). The van der Waals surface area contributed by atoms with Crippen molar-refractivity contribution in [1.82, 2.24) is 9.80 Å². The van der Waals surface area contributed by atoms with E-state index in [1.54, 1.807) is 58.3 Å². The summed E-state index contributed by atoms with van der Waals surface area (Å²) in [6.07, 6.45) is 0. The molecule has 0 atom stereocenters. The molecule has 0 saturated carbocycles. The van der Waals surface area contributed by atoms with E-state index < -0.39 is 0 Å². The third-order valence-electron chi connectivity index (χ3n) is 4.34. The molecule has 1 aliphatic rings. The number of carbonyl (C=O) groups is 2. The molecule has 1 fully saturated rings. The Balaban J connectivity index is 1.39. The summed E-state index contributed by atoms with van der Waals surface area (Å²) in [4.78, 5) is 28.0. The van der Waals surface area contributed by atoms with E-state index in [0.717, 1.165) is 0 Å². The molecule has 0 N–H and O–H groups in total. The van der Waals surface area contributed by atoms with E-state index in [4.69, 9.17) is 32.7 Å². The van der Waals surface area contributed by atoms with Crippen molar-refractivity contribution in [2.24, 2.45) is 0 Å². The van der Waals surface area contributed by atoms with Crippen LogP contribution in [0.5, 0.6) is 11.5 Å². The summed E-state index contributed by atoms with van der Waals surface area (Å²) in [5, 5.41) is 1.22. The minimum atomic E-state index is -0.112. The van der Waals surface area contributed by atoms with Crippen LogP contribution < -0.4 is 9.47 Å². The van der Waals surface area contributed by atoms with Gasteiger partial charge in [0.2, 0.25) is 0 Å². The lowest BCUT2D eigenvalue weighted by molar-refractivity contribution is -0.141. The van der Waals surface area contributed by atoms with Crippen LogP contribution >= 0.6 is 23.2 Å². The number of amides is 2. The highest BCUT2D eigenvalue weighted by molar-refractivity contribution is 6.30. The largest absolute Gasteiger partial charge is 0.484 e. The summed E-state index contributed by atoms with van der Waals surface area (Å²) < 4.78 is 11.0. The maximum absolute atomic E-state index is 12.3. The minimum absolute atomic E-state index is 0.0464. The molecule has 2 amide bonds. The van der Waals surface area contributed by atoms with Crippen LogP contribution in [0, 0.1) is 0 Å². The van der Waals surface area contributed by atoms with E-state index in [-0.39, 0.29) is 25.0 Å². The van der Waals surface area contributed by atoms with Crippen LogP contribution in [-0.4, -0.2) is 61.0 Å². The van der Waals surface area contributed by atoms with Crippen LogP contribution in [0.1, 0.15) is 0 Å². The Labute approximate surface area is 173 Å². The molecule has 6 nitrogen and oxygen atoms in total. The van der Waals surface area contributed by atoms with E-state index >= 15 is 0 Å². The van der Waals surface area contributed by atoms with Gasteiger partial charge < -0.3 is 19.3 Å². The fourth-order valence-electron chi connectivity index (χ4n) is 2.74. The molecule has 0 bridgehead atoms. The van der Waals surface area contributed by atoms with Crippen molar-refractivity contribution < 1.29 is 19.1 Å². The predicted octanol–water partition coefficient (Wildman–Crippen LogP) is 3.12. The van der Waals surface area contributed by atoms with Gasteiger partial charge in [-0.05, 0) is 48.5 Å². The van der Waals surface area contributed by atoms with E-state index in [0.29, 0.717) is 47.7 Å². The second kappa shape index (κ2) is 9.66. The van der Waals surface area contributed by atoms with Crippen molar-refractivity contribution in [1.29, 1.82) is 0 Å². The van der Waals surface area contributed by atoms with Gasteiger partial charge in [-0.1, -0.05) is 23.2 Å². The van der Waals surface area contributed by atoms with Crippen molar-refractivity contribution in [2.75, 3.05) is 39.4 Å². The van der Waals surface area contributed by atoms with Crippen LogP contribution in [0.25, 0.3) is 0 Å². The van der Waals surface area contributed by atoms with Gasteiger partial charge in [0.15, 0.2) is 13.2 Å². The van der Waals surface area contributed by atoms with Gasteiger partial charge in [-0.3, -0.25) is 9.59 Å². The standard InChI is InChI=1S/C20H20Cl2N2O4/c21-15-1-5-17(6-2-15)27-13-19(25)23-9-11-24(12-10-23)20(26)14-28-18-7-3-16(22)4-8-18/h1-8H,9-14H2. The molecule has 0 radical (unpaired) electrons. The van der Waals surface area contributed by atoms with E-state index in [9.17, 15) is 9.59 Å². The van der Waals surface area contributed by atoms with Crippen molar-refractivity contribution in [2.45, 2.75) is 0 Å². The van der Waals surface area contributed by atoms with Crippen LogP contribution in [-0.2, 0) is 9.59 Å². The molecule has 1 aliphatic heterocycles. The molecule has 2 aromatic rings. The van der Waals surface area contributed by atoms with E-state index in [1.807, 2.05) is 0 Å². The Morgan fingerprint density at radius 2 is 1.00 bits per heavy atom. The normalized spacial score (nSPS) is 13.9. The topological polar surface area (TPSA) is 59.1 Å². The third kappa shape index (κ3) is 5.78. The summed E-state index contributed by atoms with van der Waals surface area (Å²) in [7, 11) is 0. The average Bonchev–Trinajstić information content (AvgIpc) is 2.72. The Morgan fingerprint density at radius 3 is 1.32 bits per heavy atom. The number of hydrogen-bond acceptors (Lipinski definition) is 4. The summed E-state index contributed by atoms with van der Waals surface area (Å²) in [5.41, 5.74) is 0. The predicted molar refractivity (Wildman–Crippen MR) is 107 cm³/mol. The fraction of sp³-hybridized carbons (Fsp3) is 0.300. The number of ether oxygens (including phenoxy) is 2. The minimum Gasteiger partial charge on any atom is -0.484 e. The molecule has 0 unspecified atom stereocenters. The summed E-state index contributed by atoms with van der Waals surface area (Å²) in [5.74, 6) is 0.954. The van der Waals surface area contributed by atoms with E-state index in [2.05, 4.69) is 0 Å². The Kier molecular flexibility index (Phi) is 7.01. The molecular formula is C20H20Cl2N2O4. The zero-order valence-corrected chi connectivity index (χ0v) is 16.7. The van der Waals surface area contributed by atoms with Gasteiger partial charge in [-0.15, -0.1) is 0 Å². The maximum atomic E-state index is 12.3. The van der Waals surface area contributed by atoms with Crippen molar-refractivity contribution in [3.63, 3.8) is 0 Å². The number of hydrogen-bond donors (Lipinski definition) is 0. The second-order valence-corrected chi connectivity index (χ2v) is 7.12. The maximum Gasteiger partial charge on any atom is 0.260 e. The number of halogens is 2. The number of benzene rings is 2. The van der Waals surface area contributed by atoms with Gasteiger partial charge in [0.05, 0.1) is 0 Å². The zero-order valence-electron chi connectivity index (χ0n) is 15.1. The number of nitrogens with zero attached hydrogens (tertiary/aromatic N) is 2. The van der Waals surface area contributed by atoms with Crippen LogP contribution in [0.2, 0.25) is 10.0 Å². The molecule has 0 aliphatic carbocycles. The van der Waals surface area contributed by atoms with E-state index in [1.165, 1.54) is 0 Å². The van der Waals surface area contributed by atoms with Crippen LogP contribution in [0.4, 0.5) is 0 Å². The molecule has 1 heterocycles. The first-order valence-corrected chi connectivity index (χ1v) is 9.59. The summed E-state index contributed by atoms with van der Waals surface area (Å²) >= 11 is 11.6. The second-order valence-electron chi connectivity index (χ2n) is 6.25. The van der Waals surface area contributed by atoms with Crippen molar-refractivity contribution in [3.05, 3.63) is 58.6 Å². The lowest BCUT2D eigenvalue weighted by atomic mass is 10.3. The monoisotopic (exact) mass is 422 g/mol. The van der Waals surface area contributed by atoms with Crippen molar-refractivity contribution >= 4 is 35.0 Å². The molecule has 0 spiro atoms. The molecule has 28 heavy (non-hydrogen) atoms. The average molecular weight is 423 g/mol. The first-order valence-electron chi connectivity index (χ1n) is 8.83. The summed E-state index contributed by atoms with van der Waals surface area (Å²) in [6, 6.07) is 13.7. The van der Waals surface area contributed by atoms with Gasteiger partial charge >= 0.3 is 0 Å². The number of rotatable bonds is 6. The fourth-order valence-corrected chi connectivity index (χ4v) is 2.99. The first-order chi connectivity index (χ1) is 13.5. The van der Waals surface area contributed by atoms with Crippen LogP contribution in [0.15, 0.2) is 48.5 Å². The zero-order chi connectivity index (χ0) is 19.9. The van der Waals surface area contributed by atoms with Gasteiger partial charge in [-0.25, -0.2) is 0 Å². The first kappa shape index (κ1) is 20.3.